The summed E-state index contributed by atoms with van der Waals surface area (Å²) in [5.74, 6) is 0. The lowest BCUT2D eigenvalue weighted by atomic mass is 10.1. The monoisotopic (exact) mass is 332 g/mol. The van der Waals surface area contributed by atoms with E-state index in [1.54, 1.807) is 0 Å². The molecule has 0 aromatic carbocycles. The van der Waals surface area contributed by atoms with Crippen LogP contribution in [0.3, 0.4) is 0 Å². The summed E-state index contributed by atoms with van der Waals surface area (Å²) in [5.41, 5.74) is 1.22. The van der Waals surface area contributed by atoms with Gasteiger partial charge in [0.1, 0.15) is 0 Å². The first-order chi connectivity index (χ1) is 11.9. The molecule has 0 aliphatic rings. The van der Waals surface area contributed by atoms with Crippen molar-refractivity contribution in [3.05, 3.63) is 30.1 Å². The van der Waals surface area contributed by atoms with Crippen LogP contribution in [-0.2, 0) is 6.54 Å². The lowest BCUT2D eigenvalue weighted by molar-refractivity contribution is 0.249. The molecule has 24 heavy (non-hydrogen) atoms. The standard InChI is InChI=1S/C22H40N2/c1-3-5-7-9-11-15-19-24(20-16-12-10-8-6-4-2)21-22-17-13-14-18-23-22/h13-14,17-18H,3-12,15-16,19-21H2,1-2H3. The summed E-state index contributed by atoms with van der Waals surface area (Å²) in [5, 5.41) is 0. The van der Waals surface area contributed by atoms with Crippen molar-refractivity contribution in [2.75, 3.05) is 13.1 Å². The van der Waals surface area contributed by atoms with Crippen molar-refractivity contribution in [3.63, 3.8) is 0 Å². The highest BCUT2D eigenvalue weighted by Crippen LogP contribution is 2.11. The van der Waals surface area contributed by atoms with Crippen LogP contribution in [0.25, 0.3) is 0 Å². The van der Waals surface area contributed by atoms with Crippen molar-refractivity contribution in [2.24, 2.45) is 0 Å². The van der Waals surface area contributed by atoms with Crippen molar-refractivity contribution in [2.45, 2.75) is 97.4 Å². The van der Waals surface area contributed by atoms with Gasteiger partial charge in [0.25, 0.3) is 0 Å². The van der Waals surface area contributed by atoms with Gasteiger partial charge in [-0.15, -0.1) is 0 Å². The number of pyridine rings is 1. The highest BCUT2D eigenvalue weighted by Gasteiger charge is 2.06. The maximum absolute atomic E-state index is 4.51. The van der Waals surface area contributed by atoms with E-state index in [-0.39, 0.29) is 0 Å². The minimum atomic E-state index is 1.02. The van der Waals surface area contributed by atoms with E-state index in [0.717, 1.165) is 6.54 Å². The van der Waals surface area contributed by atoms with Gasteiger partial charge in [-0.25, -0.2) is 0 Å². The molecule has 0 saturated heterocycles. The molecular formula is C22H40N2. The quantitative estimate of drug-likeness (QED) is 0.317. The van der Waals surface area contributed by atoms with Crippen LogP contribution in [0.1, 0.15) is 96.6 Å². The van der Waals surface area contributed by atoms with Crippen molar-refractivity contribution in [3.8, 4) is 0 Å². The van der Waals surface area contributed by atoms with Gasteiger partial charge in [0.05, 0.1) is 5.69 Å². The molecule has 0 fully saturated rings. The summed E-state index contributed by atoms with van der Waals surface area (Å²) in [6.45, 7) is 8.06. The largest absolute Gasteiger partial charge is 0.298 e. The van der Waals surface area contributed by atoms with E-state index >= 15 is 0 Å². The number of nitrogens with zero attached hydrogens (tertiary/aromatic N) is 2. The van der Waals surface area contributed by atoms with E-state index < -0.39 is 0 Å². The molecule has 1 aromatic rings. The van der Waals surface area contributed by atoms with Gasteiger partial charge >= 0.3 is 0 Å². The third kappa shape index (κ3) is 11.6. The van der Waals surface area contributed by atoms with Gasteiger partial charge in [0, 0.05) is 12.7 Å². The van der Waals surface area contributed by atoms with Gasteiger partial charge in [-0.3, -0.25) is 9.88 Å². The molecule has 0 atom stereocenters. The minimum absolute atomic E-state index is 1.02. The predicted octanol–water partition coefficient (Wildman–Crippen LogP) is 6.60. The van der Waals surface area contributed by atoms with Crippen LogP contribution >= 0.6 is 0 Å². The van der Waals surface area contributed by atoms with Gasteiger partial charge in [-0.2, -0.15) is 0 Å². The van der Waals surface area contributed by atoms with Crippen molar-refractivity contribution in [1.82, 2.24) is 9.88 Å². The van der Waals surface area contributed by atoms with Crippen LogP contribution in [-0.4, -0.2) is 23.0 Å². The SMILES string of the molecule is CCCCCCCCN(CCCCCCCC)Cc1ccccn1. The van der Waals surface area contributed by atoms with Gasteiger partial charge in [-0.05, 0) is 38.1 Å². The highest BCUT2D eigenvalue weighted by molar-refractivity contribution is 5.03. The van der Waals surface area contributed by atoms with E-state index in [2.05, 4.69) is 35.9 Å². The van der Waals surface area contributed by atoms with Crippen LogP contribution in [0, 0.1) is 0 Å². The number of hydrogen-bond donors (Lipinski definition) is 0. The summed E-state index contributed by atoms with van der Waals surface area (Å²) in [6.07, 6.45) is 18.5. The molecule has 0 amide bonds. The van der Waals surface area contributed by atoms with Gasteiger partial charge < -0.3 is 0 Å². The zero-order valence-electron chi connectivity index (χ0n) is 16.3. The van der Waals surface area contributed by atoms with E-state index in [1.165, 1.54) is 95.8 Å². The molecular weight excluding hydrogens is 292 g/mol. The van der Waals surface area contributed by atoms with Crippen LogP contribution in [0.5, 0.6) is 0 Å². The van der Waals surface area contributed by atoms with E-state index in [0.29, 0.717) is 0 Å². The molecule has 0 N–H and O–H groups in total. The second kappa shape index (κ2) is 15.6. The van der Waals surface area contributed by atoms with Gasteiger partial charge in [0.2, 0.25) is 0 Å². The second-order valence-corrected chi connectivity index (χ2v) is 7.13. The van der Waals surface area contributed by atoms with Gasteiger partial charge in [0.15, 0.2) is 0 Å². The number of hydrogen-bond acceptors (Lipinski definition) is 2. The van der Waals surface area contributed by atoms with Crippen molar-refractivity contribution >= 4 is 0 Å². The summed E-state index contributed by atoms with van der Waals surface area (Å²) in [7, 11) is 0. The average Bonchev–Trinajstić information content (AvgIpc) is 2.61. The Morgan fingerprint density at radius 3 is 1.75 bits per heavy atom. The van der Waals surface area contributed by atoms with Crippen LogP contribution < -0.4 is 0 Å². The Morgan fingerprint density at radius 2 is 1.25 bits per heavy atom. The van der Waals surface area contributed by atoms with Crippen LogP contribution in [0.15, 0.2) is 24.4 Å². The fourth-order valence-electron chi connectivity index (χ4n) is 3.22. The zero-order valence-corrected chi connectivity index (χ0v) is 16.3. The summed E-state index contributed by atoms with van der Waals surface area (Å²) in [4.78, 5) is 7.14. The molecule has 2 nitrogen and oxygen atoms in total. The molecule has 0 bridgehead atoms. The number of aromatic nitrogens is 1. The Bertz CT molecular complexity index is 347. The van der Waals surface area contributed by atoms with Crippen molar-refractivity contribution in [1.29, 1.82) is 0 Å². The highest BCUT2D eigenvalue weighted by atomic mass is 15.1. The maximum Gasteiger partial charge on any atom is 0.0543 e. The molecule has 0 radical (unpaired) electrons. The Hall–Kier alpha value is -0.890. The molecule has 1 heterocycles. The third-order valence-electron chi connectivity index (χ3n) is 4.77. The molecule has 1 aromatic heterocycles. The predicted molar refractivity (Wildman–Crippen MR) is 106 cm³/mol. The second-order valence-electron chi connectivity index (χ2n) is 7.13. The molecule has 138 valence electrons. The first kappa shape index (κ1) is 21.2. The van der Waals surface area contributed by atoms with Gasteiger partial charge in [-0.1, -0.05) is 84.1 Å². The lowest BCUT2D eigenvalue weighted by Crippen LogP contribution is -2.26. The summed E-state index contributed by atoms with van der Waals surface area (Å²) >= 11 is 0. The van der Waals surface area contributed by atoms with Crippen LogP contribution in [0.4, 0.5) is 0 Å². The Kier molecular flexibility index (Phi) is 13.8. The first-order valence-electron chi connectivity index (χ1n) is 10.5. The number of unbranched alkanes of at least 4 members (excludes halogenated alkanes) is 10. The fraction of sp³-hybridized carbons (Fsp3) is 0.773. The molecule has 0 unspecified atom stereocenters. The molecule has 0 spiro atoms. The Balaban J connectivity index is 2.24. The minimum Gasteiger partial charge on any atom is -0.298 e. The first-order valence-corrected chi connectivity index (χ1v) is 10.5. The fourth-order valence-corrected chi connectivity index (χ4v) is 3.22. The topological polar surface area (TPSA) is 16.1 Å². The lowest BCUT2D eigenvalue weighted by Gasteiger charge is -2.22. The Labute approximate surface area is 151 Å². The molecule has 0 aliphatic heterocycles. The molecule has 2 heteroatoms. The zero-order chi connectivity index (χ0) is 17.3. The van der Waals surface area contributed by atoms with E-state index in [1.807, 2.05) is 12.3 Å². The van der Waals surface area contributed by atoms with Crippen LogP contribution in [0.2, 0.25) is 0 Å². The van der Waals surface area contributed by atoms with E-state index in [9.17, 15) is 0 Å². The van der Waals surface area contributed by atoms with Crippen molar-refractivity contribution < 1.29 is 0 Å². The molecule has 1 rings (SSSR count). The third-order valence-corrected chi connectivity index (χ3v) is 4.77. The summed E-state index contributed by atoms with van der Waals surface area (Å²) < 4.78 is 0. The summed E-state index contributed by atoms with van der Waals surface area (Å²) in [6, 6.07) is 6.28. The molecule has 0 aliphatic carbocycles. The Morgan fingerprint density at radius 1 is 0.708 bits per heavy atom. The average molecular weight is 333 g/mol. The smallest absolute Gasteiger partial charge is 0.0543 e. The van der Waals surface area contributed by atoms with E-state index in [4.69, 9.17) is 0 Å². The maximum atomic E-state index is 4.51. The number of rotatable bonds is 16. The molecule has 0 saturated carbocycles. The normalized spacial score (nSPS) is 11.3.